The molecule has 0 radical (unpaired) electrons. The molecule has 0 spiro atoms. The molecule has 0 saturated carbocycles. The maximum atomic E-state index is 13.4. The second kappa shape index (κ2) is 4.98. The fourth-order valence-electron chi connectivity index (χ4n) is 3.37. The van der Waals surface area contributed by atoms with Gasteiger partial charge in [-0.1, -0.05) is 11.2 Å². The average Bonchev–Trinajstić information content (AvgIpc) is 2.93. The Hall–Kier alpha value is -3.04. The minimum absolute atomic E-state index is 0.0775. The molecule has 0 aliphatic carbocycles. The van der Waals surface area contributed by atoms with Gasteiger partial charge in [-0.15, -0.1) is 0 Å². The van der Waals surface area contributed by atoms with Crippen LogP contribution in [0, 0.1) is 0 Å². The number of amidine groups is 1. The van der Waals surface area contributed by atoms with Crippen molar-refractivity contribution in [3.8, 4) is 5.69 Å². The van der Waals surface area contributed by atoms with E-state index in [1.54, 1.807) is 0 Å². The number of nitrogens with two attached hydrogens (primary N) is 1. The number of nitrogens with zero attached hydrogens (tertiary/aromatic N) is 4. The molecule has 25 heavy (non-hydrogen) atoms. The normalized spacial score (nSPS) is 19.6. The van der Waals surface area contributed by atoms with Crippen LogP contribution in [0.5, 0.6) is 0 Å². The molecule has 4 rings (SSSR count). The van der Waals surface area contributed by atoms with Crippen molar-refractivity contribution in [2.24, 2.45) is 10.9 Å². The van der Waals surface area contributed by atoms with Crippen LogP contribution in [0.15, 0.2) is 29.7 Å². The van der Waals surface area contributed by atoms with E-state index in [0.29, 0.717) is 18.7 Å². The Balaban J connectivity index is 2.05. The summed E-state index contributed by atoms with van der Waals surface area (Å²) in [4.78, 5) is 18.2. The monoisotopic (exact) mass is 351 g/mol. The predicted octanol–water partition coefficient (Wildman–Crippen LogP) is 1.89. The maximum Gasteiger partial charge on any atom is 0.417 e. The largest absolute Gasteiger partial charge is 0.417 e. The molecule has 1 fully saturated rings. The topological polar surface area (TPSA) is 96.7 Å². The molecule has 1 aromatic carbocycles. The quantitative estimate of drug-likeness (QED) is 0.355. The number of carbonyl (C=O) groups is 1. The zero-order chi connectivity index (χ0) is 17.9. The lowest BCUT2D eigenvalue weighted by Gasteiger charge is -2.40. The zero-order valence-electron chi connectivity index (χ0n) is 12.7. The first-order chi connectivity index (χ1) is 11.8. The molecule has 3 N–H and O–H groups in total. The summed E-state index contributed by atoms with van der Waals surface area (Å²) in [7, 11) is 0. The molecule has 1 atom stereocenters. The Labute approximate surface area is 139 Å². The minimum Gasteiger partial charge on any atom is -0.409 e. The van der Waals surface area contributed by atoms with Gasteiger partial charge in [-0.2, -0.15) is 13.2 Å². The molecule has 1 saturated heterocycles. The van der Waals surface area contributed by atoms with Gasteiger partial charge in [0.15, 0.2) is 5.84 Å². The molecule has 3 heterocycles. The van der Waals surface area contributed by atoms with Gasteiger partial charge in [0, 0.05) is 6.54 Å². The van der Waals surface area contributed by atoms with E-state index in [-0.39, 0.29) is 17.2 Å². The first-order valence-corrected chi connectivity index (χ1v) is 7.41. The molecule has 130 valence electrons. The summed E-state index contributed by atoms with van der Waals surface area (Å²) in [6.07, 6.45) is -2.82. The fourth-order valence-corrected chi connectivity index (χ4v) is 3.37. The predicted molar refractivity (Wildman–Crippen MR) is 79.5 cm³/mol. The molecule has 7 nitrogen and oxygen atoms in total. The van der Waals surface area contributed by atoms with Crippen molar-refractivity contribution >= 4 is 11.7 Å². The lowest BCUT2D eigenvalue weighted by Crippen LogP contribution is -2.45. The first kappa shape index (κ1) is 15.5. The molecule has 0 unspecified atom stereocenters. The van der Waals surface area contributed by atoms with Crippen molar-refractivity contribution in [1.82, 2.24) is 14.5 Å². The lowest BCUT2D eigenvalue weighted by atomic mass is 9.96. The van der Waals surface area contributed by atoms with Gasteiger partial charge in [-0.3, -0.25) is 9.36 Å². The summed E-state index contributed by atoms with van der Waals surface area (Å²) >= 11 is 0. The number of hydrogen-bond acceptors (Lipinski definition) is 4. The molecular formula is C15H12F3N5O2. The Morgan fingerprint density at radius 3 is 2.76 bits per heavy atom. The number of alkyl halides is 3. The van der Waals surface area contributed by atoms with E-state index < -0.39 is 29.3 Å². The lowest BCUT2D eigenvalue weighted by molar-refractivity contribution is -0.138. The van der Waals surface area contributed by atoms with Gasteiger partial charge in [0.25, 0.3) is 5.91 Å². The first-order valence-electron chi connectivity index (χ1n) is 7.41. The van der Waals surface area contributed by atoms with Crippen LogP contribution in [-0.2, 0) is 6.18 Å². The molecule has 10 heteroatoms. The summed E-state index contributed by atoms with van der Waals surface area (Å²) in [5.41, 5.74) is 4.90. The van der Waals surface area contributed by atoms with Crippen LogP contribution in [0.2, 0.25) is 0 Å². The molecule has 2 aliphatic rings. The van der Waals surface area contributed by atoms with E-state index in [1.165, 1.54) is 27.9 Å². The van der Waals surface area contributed by atoms with Gasteiger partial charge in [0.05, 0.1) is 28.6 Å². The van der Waals surface area contributed by atoms with Crippen LogP contribution >= 0.6 is 0 Å². The Kier molecular flexibility index (Phi) is 3.08. The second-order valence-corrected chi connectivity index (χ2v) is 5.83. The molecule has 2 aromatic rings. The summed E-state index contributed by atoms with van der Waals surface area (Å²) in [6.45, 7) is 0.329. The van der Waals surface area contributed by atoms with Gasteiger partial charge < -0.3 is 15.8 Å². The second-order valence-electron chi connectivity index (χ2n) is 5.83. The highest BCUT2D eigenvalue weighted by molar-refractivity contribution is 6.02. The van der Waals surface area contributed by atoms with Crippen LogP contribution in [0.1, 0.15) is 39.8 Å². The molecular weight excluding hydrogens is 339 g/mol. The minimum atomic E-state index is -4.67. The van der Waals surface area contributed by atoms with Gasteiger partial charge in [-0.05, 0) is 18.6 Å². The van der Waals surface area contributed by atoms with Crippen LogP contribution in [0.3, 0.4) is 0 Å². The fraction of sp³-hybridized carbons (Fsp3) is 0.267. The number of aromatic nitrogens is 2. The van der Waals surface area contributed by atoms with E-state index >= 15 is 0 Å². The maximum absolute atomic E-state index is 13.4. The highest BCUT2D eigenvalue weighted by Crippen LogP contribution is 2.44. The number of hydrogen-bond donors (Lipinski definition) is 2. The number of rotatable bonds is 1. The number of halogens is 3. The number of imidazole rings is 1. The summed E-state index contributed by atoms with van der Waals surface area (Å²) in [5, 5.41) is 11.9. The molecule has 0 bridgehead atoms. The summed E-state index contributed by atoms with van der Waals surface area (Å²) < 4.78 is 41.7. The SMILES string of the molecule is NC(=NO)c1ncn2c1[C@@H]1CCN1C(=O)c1c-2cccc1C(F)(F)F. The standard InChI is InChI=1S/C15H12F3N5O2/c16-15(17,18)7-2-1-3-8-10(7)14(24)22-5-4-9(22)12-11(13(19)21-25)20-6-23(8)12/h1-3,6,9,25H,4-5H2,(H2,19,21)/t9-/m0/s1. The van der Waals surface area contributed by atoms with Gasteiger partial charge in [-0.25, -0.2) is 4.98 Å². The van der Waals surface area contributed by atoms with E-state index in [1.807, 2.05) is 0 Å². The van der Waals surface area contributed by atoms with Crippen molar-refractivity contribution in [1.29, 1.82) is 0 Å². The highest BCUT2D eigenvalue weighted by atomic mass is 19.4. The van der Waals surface area contributed by atoms with Crippen LogP contribution in [0.25, 0.3) is 5.69 Å². The number of benzene rings is 1. The smallest absolute Gasteiger partial charge is 0.409 e. The number of amides is 1. The number of fused-ring (bicyclic) bond motifs is 5. The van der Waals surface area contributed by atoms with Gasteiger partial charge in [0.1, 0.15) is 12.0 Å². The Morgan fingerprint density at radius 2 is 2.16 bits per heavy atom. The molecule has 1 aromatic heterocycles. The Morgan fingerprint density at radius 1 is 1.40 bits per heavy atom. The van der Waals surface area contributed by atoms with Crippen LogP contribution < -0.4 is 5.73 Å². The van der Waals surface area contributed by atoms with Crippen molar-refractivity contribution in [2.45, 2.75) is 18.6 Å². The van der Waals surface area contributed by atoms with E-state index in [4.69, 9.17) is 10.9 Å². The Bertz CT molecular complexity index is 918. The van der Waals surface area contributed by atoms with Crippen LogP contribution in [-0.4, -0.2) is 37.9 Å². The summed E-state index contributed by atoms with van der Waals surface area (Å²) in [5.74, 6) is -0.947. The van der Waals surface area contributed by atoms with Crippen molar-refractivity contribution in [3.05, 3.63) is 47.0 Å². The van der Waals surface area contributed by atoms with Gasteiger partial charge in [0.2, 0.25) is 0 Å². The van der Waals surface area contributed by atoms with E-state index in [9.17, 15) is 18.0 Å². The highest BCUT2D eigenvalue weighted by Gasteiger charge is 2.46. The van der Waals surface area contributed by atoms with Crippen molar-refractivity contribution in [2.75, 3.05) is 6.54 Å². The molecule has 1 amide bonds. The van der Waals surface area contributed by atoms with Gasteiger partial charge >= 0.3 is 6.18 Å². The van der Waals surface area contributed by atoms with Crippen molar-refractivity contribution < 1.29 is 23.2 Å². The number of carbonyl (C=O) groups excluding carboxylic acids is 1. The van der Waals surface area contributed by atoms with Crippen LogP contribution in [0.4, 0.5) is 13.2 Å². The van der Waals surface area contributed by atoms with Crippen molar-refractivity contribution in [3.63, 3.8) is 0 Å². The number of oxime groups is 1. The average molecular weight is 351 g/mol. The zero-order valence-corrected chi connectivity index (χ0v) is 12.7. The van der Waals surface area contributed by atoms with E-state index in [0.717, 1.165) is 6.07 Å². The third-order valence-corrected chi connectivity index (χ3v) is 4.57. The molecule has 2 aliphatic heterocycles. The third-order valence-electron chi connectivity index (χ3n) is 4.57. The third kappa shape index (κ3) is 2.03. The van der Waals surface area contributed by atoms with E-state index in [2.05, 4.69) is 10.1 Å². The summed E-state index contributed by atoms with van der Waals surface area (Å²) in [6, 6.07) is 3.08.